The molecule has 0 aliphatic carbocycles. The molecule has 0 aromatic heterocycles. The maximum Gasteiger partial charge on any atom is 0.221 e. The molecular weight excluding hydrogens is 212 g/mol. The van der Waals surface area contributed by atoms with Crippen molar-refractivity contribution in [3.8, 4) is 0 Å². The molecule has 1 nitrogen and oxygen atoms in total. The topological polar surface area (TPSA) is 9.23 Å². The van der Waals surface area contributed by atoms with Gasteiger partial charge in [-0.1, -0.05) is 56.5 Å². The molecule has 1 aromatic carbocycles. The van der Waals surface area contributed by atoms with E-state index in [1.54, 1.807) is 0 Å². The Morgan fingerprint density at radius 1 is 1.31 bits per heavy atom. The third-order valence-electron chi connectivity index (χ3n) is 2.60. The molecular formula is C14H22OSi. The van der Waals surface area contributed by atoms with Crippen molar-refractivity contribution in [2.75, 3.05) is 0 Å². The van der Waals surface area contributed by atoms with E-state index < -0.39 is 0 Å². The highest BCUT2D eigenvalue weighted by atomic mass is 28.2. The fourth-order valence-electron chi connectivity index (χ4n) is 1.60. The van der Waals surface area contributed by atoms with Crippen LogP contribution in [-0.2, 0) is 4.43 Å². The van der Waals surface area contributed by atoms with Gasteiger partial charge in [-0.2, -0.15) is 0 Å². The summed E-state index contributed by atoms with van der Waals surface area (Å²) in [5, 5.41) is 0. The highest BCUT2D eigenvalue weighted by molar-refractivity contribution is 6.29. The summed E-state index contributed by atoms with van der Waals surface area (Å²) in [6.45, 7) is 6.62. The van der Waals surface area contributed by atoms with Crippen molar-refractivity contribution in [1.82, 2.24) is 0 Å². The molecule has 1 atom stereocenters. The maximum atomic E-state index is 5.64. The third kappa shape index (κ3) is 5.17. The molecule has 0 spiro atoms. The van der Waals surface area contributed by atoms with Crippen LogP contribution >= 0.6 is 0 Å². The zero-order chi connectivity index (χ0) is 11.8. The van der Waals surface area contributed by atoms with Crippen molar-refractivity contribution in [3.05, 3.63) is 41.7 Å². The average Bonchev–Trinajstić information content (AvgIpc) is 2.27. The molecule has 0 saturated carbocycles. The van der Waals surface area contributed by atoms with Gasteiger partial charge in [0.1, 0.15) is 0 Å². The van der Waals surface area contributed by atoms with Gasteiger partial charge in [0.15, 0.2) is 0 Å². The van der Waals surface area contributed by atoms with E-state index >= 15 is 0 Å². The first-order valence-corrected chi connectivity index (χ1v) is 7.46. The first-order chi connectivity index (χ1) is 7.72. The van der Waals surface area contributed by atoms with Crippen molar-refractivity contribution >= 4 is 15.8 Å². The molecule has 0 bridgehead atoms. The van der Waals surface area contributed by atoms with E-state index in [9.17, 15) is 0 Å². The zero-order valence-electron chi connectivity index (χ0n) is 10.6. The molecule has 0 heterocycles. The molecule has 0 fully saturated rings. The molecule has 16 heavy (non-hydrogen) atoms. The van der Waals surface area contributed by atoms with E-state index in [1.165, 1.54) is 24.0 Å². The summed E-state index contributed by atoms with van der Waals surface area (Å²) in [5.74, 6) is 0. The van der Waals surface area contributed by atoms with E-state index in [4.69, 9.17) is 4.43 Å². The quantitative estimate of drug-likeness (QED) is 0.539. The van der Waals surface area contributed by atoms with E-state index in [2.05, 4.69) is 45.0 Å². The number of hydrogen-bond donors (Lipinski definition) is 0. The van der Waals surface area contributed by atoms with Crippen LogP contribution < -0.4 is 0 Å². The Bertz CT molecular complexity index is 316. The molecule has 1 rings (SSSR count). The Morgan fingerprint density at radius 3 is 2.62 bits per heavy atom. The molecule has 1 aromatic rings. The normalized spacial score (nSPS) is 13.7. The first-order valence-electron chi connectivity index (χ1n) is 6.07. The summed E-state index contributed by atoms with van der Waals surface area (Å²) in [5.41, 5.74) is 3.29. The van der Waals surface area contributed by atoms with Gasteiger partial charge in [-0.05, 0) is 24.1 Å². The summed E-state index contributed by atoms with van der Waals surface area (Å²) in [4.78, 5) is 0. The lowest BCUT2D eigenvalue weighted by Gasteiger charge is -2.07. The van der Waals surface area contributed by atoms with Crippen LogP contribution in [0.15, 0.2) is 30.5 Å². The van der Waals surface area contributed by atoms with Gasteiger partial charge >= 0.3 is 0 Å². The van der Waals surface area contributed by atoms with Gasteiger partial charge in [0.05, 0.1) is 6.26 Å². The number of aryl methyl sites for hydroxylation is 1. The van der Waals surface area contributed by atoms with Gasteiger partial charge in [-0.3, -0.25) is 0 Å². The van der Waals surface area contributed by atoms with Crippen LogP contribution in [0.1, 0.15) is 37.8 Å². The van der Waals surface area contributed by atoms with Crippen LogP contribution in [0.25, 0.3) is 6.08 Å². The zero-order valence-corrected chi connectivity index (χ0v) is 12.0. The van der Waals surface area contributed by atoms with Crippen molar-refractivity contribution in [3.63, 3.8) is 0 Å². The molecule has 88 valence electrons. The fraction of sp³-hybridized carbons (Fsp3) is 0.429. The predicted octanol–water partition coefficient (Wildman–Crippen LogP) is 3.67. The Morgan fingerprint density at radius 2 is 2.00 bits per heavy atom. The number of rotatable bonds is 6. The molecule has 0 N–H and O–H groups in total. The summed E-state index contributed by atoms with van der Waals surface area (Å²) >= 11 is 0. The van der Waals surface area contributed by atoms with Gasteiger partial charge < -0.3 is 4.43 Å². The SMILES string of the molecule is CCCC(C)[SiH2]OC=Cc1ccc(C)cc1. The van der Waals surface area contributed by atoms with Crippen molar-refractivity contribution in [1.29, 1.82) is 0 Å². The van der Waals surface area contributed by atoms with Crippen LogP contribution in [0.5, 0.6) is 0 Å². The smallest absolute Gasteiger partial charge is 0.221 e. The third-order valence-corrected chi connectivity index (χ3v) is 3.96. The molecule has 0 saturated heterocycles. The second-order valence-electron chi connectivity index (χ2n) is 4.44. The summed E-state index contributed by atoms with van der Waals surface area (Å²) in [7, 11) is -0.386. The maximum absolute atomic E-state index is 5.64. The van der Waals surface area contributed by atoms with Crippen molar-refractivity contribution in [2.45, 2.75) is 39.2 Å². The van der Waals surface area contributed by atoms with Gasteiger partial charge in [-0.25, -0.2) is 0 Å². The average molecular weight is 234 g/mol. The molecule has 0 aliphatic rings. The second kappa shape index (κ2) is 7.28. The molecule has 1 unspecified atom stereocenters. The number of hydrogen-bond acceptors (Lipinski definition) is 1. The van der Waals surface area contributed by atoms with Gasteiger partial charge in [0, 0.05) is 0 Å². The summed E-state index contributed by atoms with van der Waals surface area (Å²) < 4.78 is 5.64. The minimum absolute atomic E-state index is 0.386. The predicted molar refractivity (Wildman–Crippen MR) is 74.2 cm³/mol. The van der Waals surface area contributed by atoms with Crippen molar-refractivity contribution in [2.24, 2.45) is 0 Å². The van der Waals surface area contributed by atoms with E-state index in [1.807, 2.05) is 12.3 Å². The first kappa shape index (κ1) is 13.0. The summed E-state index contributed by atoms with van der Waals surface area (Å²) in [6.07, 6.45) is 6.47. The standard InChI is InChI=1S/C14H22OSi/c1-4-5-13(3)16-15-11-10-14-8-6-12(2)7-9-14/h6-11,13H,4-5,16H2,1-3H3. The highest BCUT2D eigenvalue weighted by Gasteiger charge is 2.00. The van der Waals surface area contributed by atoms with Crippen LogP contribution in [0.4, 0.5) is 0 Å². The Labute approximate surface area is 101 Å². The van der Waals surface area contributed by atoms with Crippen LogP contribution in [0.3, 0.4) is 0 Å². The van der Waals surface area contributed by atoms with Gasteiger partial charge in [0.25, 0.3) is 0 Å². The second-order valence-corrected chi connectivity index (χ2v) is 6.50. The minimum Gasteiger partial charge on any atom is -0.554 e. The monoisotopic (exact) mass is 234 g/mol. The van der Waals surface area contributed by atoms with Crippen molar-refractivity contribution < 1.29 is 4.43 Å². The Hall–Kier alpha value is -1.02. The lowest BCUT2D eigenvalue weighted by atomic mass is 10.1. The minimum atomic E-state index is -0.386. The van der Waals surface area contributed by atoms with Gasteiger partial charge in [0.2, 0.25) is 9.76 Å². The van der Waals surface area contributed by atoms with Crippen LogP contribution in [0, 0.1) is 6.92 Å². The van der Waals surface area contributed by atoms with Crippen LogP contribution in [-0.4, -0.2) is 9.76 Å². The Kier molecular flexibility index (Phi) is 5.94. The Balaban J connectivity index is 2.29. The van der Waals surface area contributed by atoms with E-state index in [-0.39, 0.29) is 9.76 Å². The molecule has 0 aliphatic heterocycles. The molecule has 0 amide bonds. The van der Waals surface area contributed by atoms with Gasteiger partial charge in [-0.15, -0.1) is 0 Å². The number of benzene rings is 1. The van der Waals surface area contributed by atoms with E-state index in [0.29, 0.717) is 0 Å². The fourth-order valence-corrected chi connectivity index (χ4v) is 2.71. The summed E-state index contributed by atoms with van der Waals surface area (Å²) in [6, 6.07) is 8.48. The van der Waals surface area contributed by atoms with E-state index in [0.717, 1.165) is 5.54 Å². The lowest BCUT2D eigenvalue weighted by Crippen LogP contribution is -2.00. The largest absolute Gasteiger partial charge is 0.554 e. The molecule has 2 heteroatoms. The lowest BCUT2D eigenvalue weighted by molar-refractivity contribution is 0.499. The highest BCUT2D eigenvalue weighted by Crippen LogP contribution is 2.10. The molecule has 0 radical (unpaired) electrons. The van der Waals surface area contributed by atoms with Crippen LogP contribution in [0.2, 0.25) is 5.54 Å².